The molecule has 0 saturated carbocycles. The Bertz CT molecular complexity index is 4750. The average Bonchev–Trinajstić information content (AvgIpc) is 4.24. The number of halogens is 1. The summed E-state index contributed by atoms with van der Waals surface area (Å²) in [5.41, 5.74) is 13.8. The second-order valence-corrected chi connectivity index (χ2v) is 18.9. The summed E-state index contributed by atoms with van der Waals surface area (Å²) in [5, 5.41) is 32.1. The molecule has 6 heterocycles. The molecule has 330 valence electrons. The normalized spacial score (nSPS) is 12.2. The van der Waals surface area contributed by atoms with Crippen LogP contribution in [0.2, 0.25) is 0 Å². The minimum absolute atomic E-state index is 0.422. The van der Waals surface area contributed by atoms with Gasteiger partial charge in [0.15, 0.2) is 0 Å². The summed E-state index contributed by atoms with van der Waals surface area (Å²) in [6, 6.07) is 66.3. The van der Waals surface area contributed by atoms with Gasteiger partial charge in [-0.25, -0.2) is 0 Å². The molecule has 0 aliphatic carbocycles. The van der Waals surface area contributed by atoms with Gasteiger partial charge in [-0.05, 0) is 115 Å². The minimum Gasteiger partial charge on any atom is -0.456 e. The number of hydrogen-bond donors (Lipinski definition) is 2. The third kappa shape index (κ3) is 5.78. The lowest BCUT2D eigenvalue weighted by Gasteiger charge is -2.07. The zero-order chi connectivity index (χ0) is 46.4. The summed E-state index contributed by atoms with van der Waals surface area (Å²) in [6.45, 7) is 0. The highest BCUT2D eigenvalue weighted by Crippen LogP contribution is 2.41. The van der Waals surface area contributed by atoms with Crippen LogP contribution in [0.3, 0.4) is 0 Å². The zero-order valence-corrected chi connectivity index (χ0v) is 38.4. The Morgan fingerprint density at radius 3 is 1.00 bits per heavy atom. The van der Waals surface area contributed by atoms with E-state index in [1.54, 1.807) is 18.2 Å². The molecule has 0 saturated heterocycles. The summed E-state index contributed by atoms with van der Waals surface area (Å²) in [6.07, 6.45) is 0. The van der Waals surface area contributed by atoms with Crippen molar-refractivity contribution < 1.29 is 27.7 Å². The van der Waals surface area contributed by atoms with Crippen LogP contribution in [0.4, 0.5) is 0 Å². The lowest BCUT2D eigenvalue weighted by molar-refractivity contribution is 0.426. The van der Waals surface area contributed by atoms with Gasteiger partial charge in [-0.15, -0.1) is 0 Å². The summed E-state index contributed by atoms with van der Waals surface area (Å²) in [7, 11) is -1.53. The van der Waals surface area contributed by atoms with E-state index in [0.29, 0.717) is 11.0 Å². The van der Waals surface area contributed by atoms with Crippen LogP contribution >= 0.6 is 15.9 Å². The molecule has 0 bridgehead atoms. The molecule has 0 aliphatic heterocycles. The lowest BCUT2D eigenvalue weighted by Crippen LogP contribution is -2.29. The van der Waals surface area contributed by atoms with Crippen molar-refractivity contribution >= 4 is 160 Å². The fourth-order valence-electron chi connectivity index (χ4n) is 10.9. The Morgan fingerprint density at radius 2 is 0.614 bits per heavy atom. The van der Waals surface area contributed by atoms with Gasteiger partial charge in [-0.3, -0.25) is 0 Å². The number of furan rings is 4. The van der Waals surface area contributed by atoms with Crippen LogP contribution in [0.1, 0.15) is 0 Å². The van der Waals surface area contributed by atoms with Gasteiger partial charge in [0.25, 0.3) is 0 Å². The lowest BCUT2D eigenvalue weighted by atomic mass is 9.80. The number of nitrogens with zero attached hydrogens (tertiary/aromatic N) is 2. The molecule has 8 nitrogen and oxygen atoms in total. The van der Waals surface area contributed by atoms with Gasteiger partial charge >= 0.3 is 7.12 Å². The number of para-hydroxylation sites is 4. The molecule has 16 rings (SSSR count). The molecule has 10 aromatic carbocycles. The zero-order valence-electron chi connectivity index (χ0n) is 36.9. The Morgan fingerprint density at radius 1 is 0.300 bits per heavy atom. The van der Waals surface area contributed by atoms with Crippen LogP contribution in [-0.4, -0.2) is 26.3 Å². The number of fused-ring (bicyclic) bond motifs is 18. The van der Waals surface area contributed by atoms with E-state index in [4.69, 9.17) is 17.7 Å². The van der Waals surface area contributed by atoms with Gasteiger partial charge in [0.05, 0.1) is 22.1 Å². The molecule has 0 fully saturated rings. The first-order valence-electron chi connectivity index (χ1n) is 23.0. The number of hydrogen-bond acceptors (Lipinski definition) is 6. The summed E-state index contributed by atoms with van der Waals surface area (Å²) in [5.74, 6) is 0. The first kappa shape index (κ1) is 39.5. The molecular weight excluding hydrogens is 935 g/mol. The van der Waals surface area contributed by atoms with Crippen molar-refractivity contribution in [3.05, 3.63) is 199 Å². The molecule has 0 radical (unpaired) electrons. The van der Waals surface area contributed by atoms with Crippen molar-refractivity contribution in [2.45, 2.75) is 0 Å². The predicted molar refractivity (Wildman–Crippen MR) is 288 cm³/mol. The van der Waals surface area contributed by atoms with E-state index in [2.05, 4.69) is 171 Å². The third-order valence-corrected chi connectivity index (χ3v) is 14.5. The topological polar surface area (TPSA) is 103 Å². The highest BCUT2D eigenvalue weighted by atomic mass is 79.9. The van der Waals surface area contributed by atoms with E-state index in [0.717, 1.165) is 109 Å². The van der Waals surface area contributed by atoms with Crippen molar-refractivity contribution in [2.75, 3.05) is 0 Å². The quantitative estimate of drug-likeness (QED) is 0.171. The van der Waals surface area contributed by atoms with Gasteiger partial charge in [0.1, 0.15) is 44.7 Å². The van der Waals surface area contributed by atoms with E-state index in [-0.39, 0.29) is 0 Å². The van der Waals surface area contributed by atoms with Crippen LogP contribution < -0.4 is 5.46 Å². The largest absolute Gasteiger partial charge is 0.488 e. The van der Waals surface area contributed by atoms with E-state index >= 15 is 0 Å². The van der Waals surface area contributed by atoms with Crippen LogP contribution in [0, 0.1) is 0 Å². The summed E-state index contributed by atoms with van der Waals surface area (Å²) in [4.78, 5) is 0. The SMILES string of the molecule is Brc1ccc2oc3cc4c(cc3c2c1)oc1ccc(-n2c3ccccc3c3ccccc32)cc14.OB(O)c1ccc2oc3cc4c(cc3c2c1)oc1ccc(-n2c3ccccc3c3ccccc32)cc14. The van der Waals surface area contributed by atoms with Gasteiger partial charge in [-0.1, -0.05) is 101 Å². The summed E-state index contributed by atoms with van der Waals surface area (Å²) < 4.78 is 30.5. The second-order valence-electron chi connectivity index (χ2n) is 18.0. The molecule has 0 amide bonds. The first-order valence-corrected chi connectivity index (χ1v) is 23.8. The van der Waals surface area contributed by atoms with Gasteiger partial charge < -0.3 is 36.9 Å². The van der Waals surface area contributed by atoms with Crippen LogP contribution in [-0.2, 0) is 0 Å². The van der Waals surface area contributed by atoms with Gasteiger partial charge in [0, 0.05) is 80.5 Å². The molecule has 0 spiro atoms. The number of aromatic nitrogens is 2. The standard InChI is InChI=1S/C30H18BNO4.C30H16BrNO2/c33-31(34)17-9-11-27-21(13-17)23-15-30-24(16-29(23)35-27)22-14-18(10-12-28(22)36-30)32-25-7-3-1-5-19(25)20-6-2-4-8-26(20)32;31-17-9-11-27-21(13-17)23-15-30-24(16-29(23)33-27)22-14-18(10-12-28(22)34-30)32-25-7-3-1-5-19(25)20-6-2-4-8-26(20)32/h1-16,33-34H;1-16H. The maximum absolute atomic E-state index is 9.60. The monoisotopic (exact) mass is 968 g/mol. The Kier molecular flexibility index (Phi) is 8.31. The average molecular weight is 970 g/mol. The minimum atomic E-state index is -1.53. The molecule has 0 atom stereocenters. The van der Waals surface area contributed by atoms with Gasteiger partial charge in [0.2, 0.25) is 0 Å². The number of benzene rings is 10. The fraction of sp³-hybridized carbons (Fsp3) is 0. The molecule has 10 heteroatoms. The fourth-order valence-corrected chi connectivity index (χ4v) is 11.3. The van der Waals surface area contributed by atoms with Crippen molar-refractivity contribution in [2.24, 2.45) is 0 Å². The maximum atomic E-state index is 9.60. The highest BCUT2D eigenvalue weighted by Gasteiger charge is 2.20. The van der Waals surface area contributed by atoms with Gasteiger partial charge in [-0.2, -0.15) is 0 Å². The van der Waals surface area contributed by atoms with Crippen LogP contribution in [0.5, 0.6) is 0 Å². The highest BCUT2D eigenvalue weighted by molar-refractivity contribution is 9.10. The van der Waals surface area contributed by atoms with E-state index in [1.165, 1.54) is 32.6 Å². The van der Waals surface area contributed by atoms with E-state index in [1.807, 2.05) is 30.3 Å². The van der Waals surface area contributed by atoms with Crippen molar-refractivity contribution in [3.63, 3.8) is 0 Å². The van der Waals surface area contributed by atoms with Crippen LogP contribution in [0.15, 0.2) is 216 Å². The van der Waals surface area contributed by atoms with Crippen molar-refractivity contribution in [3.8, 4) is 11.4 Å². The smallest absolute Gasteiger partial charge is 0.456 e. The second kappa shape index (κ2) is 14.7. The van der Waals surface area contributed by atoms with E-state index < -0.39 is 7.12 Å². The molecule has 0 aliphatic rings. The molecule has 0 unspecified atom stereocenters. The van der Waals surface area contributed by atoms with Crippen molar-refractivity contribution in [1.29, 1.82) is 0 Å². The molecule has 6 aromatic heterocycles. The Balaban J connectivity index is 0.000000126. The maximum Gasteiger partial charge on any atom is 0.488 e. The number of rotatable bonds is 3. The molecular formula is C60H34BBrN2O6. The first-order chi connectivity index (χ1) is 34.4. The Labute approximate surface area is 404 Å². The van der Waals surface area contributed by atoms with Crippen molar-refractivity contribution in [1.82, 2.24) is 9.13 Å². The third-order valence-electron chi connectivity index (χ3n) is 14.1. The summed E-state index contributed by atoms with van der Waals surface area (Å²) >= 11 is 3.57. The Hall–Kier alpha value is -8.54. The predicted octanol–water partition coefficient (Wildman–Crippen LogP) is 15.6. The van der Waals surface area contributed by atoms with E-state index in [9.17, 15) is 10.0 Å². The molecule has 2 N–H and O–H groups in total. The molecule has 70 heavy (non-hydrogen) atoms. The molecule has 16 aromatic rings. The van der Waals surface area contributed by atoms with Crippen LogP contribution in [0.25, 0.3) is 143 Å².